The largest absolute Gasteiger partial charge is 0.276 e. The van der Waals surface area contributed by atoms with Gasteiger partial charge in [0.15, 0.2) is 11.6 Å². The van der Waals surface area contributed by atoms with Crippen LogP contribution in [0.1, 0.15) is 0 Å². The summed E-state index contributed by atoms with van der Waals surface area (Å²) in [5.74, 6) is 1.88. The lowest BCUT2D eigenvalue weighted by molar-refractivity contribution is 0.955. The van der Waals surface area contributed by atoms with Crippen LogP contribution in [-0.4, -0.2) is 24.5 Å². The van der Waals surface area contributed by atoms with E-state index in [0.29, 0.717) is 17.6 Å². The van der Waals surface area contributed by atoms with Gasteiger partial charge in [0, 0.05) is 55.2 Å². The number of fused-ring (bicyclic) bond motifs is 9. The van der Waals surface area contributed by atoms with Crippen molar-refractivity contribution >= 4 is 64.1 Å². The summed E-state index contributed by atoms with van der Waals surface area (Å²) in [4.78, 5) is 19.6. The van der Waals surface area contributed by atoms with Gasteiger partial charge in [-0.3, -0.25) is 9.55 Å². The van der Waals surface area contributed by atoms with E-state index in [2.05, 4.69) is 64.1 Å². The molecule has 5 nitrogen and oxygen atoms in total. The second-order valence-corrected chi connectivity index (χ2v) is 11.4. The standard InChI is InChI=1S/C36H21N5S/c1-3-9-22(10-4-1)34-38-35(23-11-5-2-6-12-23)40-36(39-34)41-29-18-15-24-21-37-20-19-25(24)31(29)28-17-16-27-26-13-7-8-14-30(26)42-33(27)32(28)41/h1-21H. The number of nitrogens with zero attached hydrogens (tertiary/aromatic N) is 5. The third-order valence-electron chi connectivity index (χ3n) is 7.94. The summed E-state index contributed by atoms with van der Waals surface area (Å²) in [6.45, 7) is 0. The van der Waals surface area contributed by atoms with Gasteiger partial charge in [-0.15, -0.1) is 11.3 Å². The highest BCUT2D eigenvalue weighted by molar-refractivity contribution is 7.26. The third-order valence-corrected chi connectivity index (χ3v) is 9.13. The van der Waals surface area contributed by atoms with Gasteiger partial charge in [-0.25, -0.2) is 4.98 Å². The lowest BCUT2D eigenvalue weighted by Gasteiger charge is -2.11. The zero-order chi connectivity index (χ0) is 27.6. The van der Waals surface area contributed by atoms with E-state index in [1.165, 1.54) is 30.9 Å². The van der Waals surface area contributed by atoms with Gasteiger partial charge in [0.05, 0.1) is 15.7 Å². The minimum atomic E-state index is 0.598. The van der Waals surface area contributed by atoms with E-state index in [-0.39, 0.29) is 0 Å². The molecule has 0 aliphatic carbocycles. The molecule has 0 aliphatic heterocycles. The number of benzene rings is 5. The van der Waals surface area contributed by atoms with Crippen LogP contribution in [0.15, 0.2) is 128 Å². The van der Waals surface area contributed by atoms with Gasteiger partial charge in [-0.1, -0.05) is 97.1 Å². The molecule has 9 rings (SSSR count). The molecule has 0 amide bonds. The SMILES string of the molecule is c1ccc(-c2nc(-c3ccccc3)nc(-n3c4ccc5cnccc5c4c4ccc5c6ccccc6sc5c43)n2)cc1. The first-order valence-corrected chi connectivity index (χ1v) is 14.6. The summed E-state index contributed by atoms with van der Waals surface area (Å²) in [5.41, 5.74) is 4.06. The Hall–Kier alpha value is -5.46. The first-order valence-electron chi connectivity index (χ1n) is 13.8. The highest BCUT2D eigenvalue weighted by Crippen LogP contribution is 2.44. The fourth-order valence-electron chi connectivity index (χ4n) is 6.05. The Kier molecular flexibility index (Phi) is 5.00. The molecule has 0 saturated carbocycles. The van der Waals surface area contributed by atoms with Gasteiger partial charge < -0.3 is 0 Å². The Morgan fingerprint density at radius 1 is 0.548 bits per heavy atom. The molecular weight excluding hydrogens is 534 g/mol. The summed E-state index contributed by atoms with van der Waals surface area (Å²) < 4.78 is 4.72. The Morgan fingerprint density at radius 2 is 1.24 bits per heavy atom. The highest BCUT2D eigenvalue weighted by atomic mass is 32.1. The van der Waals surface area contributed by atoms with Crippen molar-refractivity contribution in [2.24, 2.45) is 0 Å². The number of rotatable bonds is 3. The summed E-state index contributed by atoms with van der Waals surface area (Å²) in [7, 11) is 0. The molecule has 0 aliphatic rings. The molecule has 0 saturated heterocycles. The molecule has 0 radical (unpaired) electrons. The quantitative estimate of drug-likeness (QED) is 0.218. The molecule has 9 aromatic rings. The number of thiophene rings is 1. The van der Waals surface area contributed by atoms with E-state index in [1.807, 2.05) is 84.4 Å². The Bertz CT molecular complexity index is 2400. The van der Waals surface area contributed by atoms with Gasteiger partial charge in [0.2, 0.25) is 5.95 Å². The Morgan fingerprint density at radius 3 is 2.00 bits per heavy atom. The molecule has 196 valence electrons. The van der Waals surface area contributed by atoms with Crippen LogP contribution in [-0.2, 0) is 0 Å². The molecule has 6 heteroatoms. The fraction of sp³-hybridized carbons (Fsp3) is 0. The number of hydrogen-bond acceptors (Lipinski definition) is 5. The van der Waals surface area contributed by atoms with Gasteiger partial charge >= 0.3 is 0 Å². The minimum absolute atomic E-state index is 0.598. The molecule has 0 N–H and O–H groups in total. The number of pyridine rings is 1. The van der Waals surface area contributed by atoms with Crippen LogP contribution in [0.4, 0.5) is 0 Å². The monoisotopic (exact) mass is 555 g/mol. The van der Waals surface area contributed by atoms with Crippen LogP contribution in [0.5, 0.6) is 0 Å². The van der Waals surface area contributed by atoms with Crippen molar-refractivity contribution < 1.29 is 0 Å². The summed E-state index contributed by atoms with van der Waals surface area (Å²) in [6, 6.07) is 39.8. The van der Waals surface area contributed by atoms with Crippen molar-refractivity contribution in [1.82, 2.24) is 24.5 Å². The van der Waals surface area contributed by atoms with Crippen molar-refractivity contribution in [3.05, 3.63) is 128 Å². The molecule has 0 unspecified atom stereocenters. The molecule has 4 heterocycles. The first kappa shape index (κ1) is 23.3. The average Bonchev–Trinajstić information content (AvgIpc) is 3.61. The lowest BCUT2D eigenvalue weighted by Crippen LogP contribution is -2.06. The van der Waals surface area contributed by atoms with Gasteiger partial charge in [-0.05, 0) is 23.6 Å². The van der Waals surface area contributed by atoms with E-state index in [1.54, 1.807) is 0 Å². The lowest BCUT2D eigenvalue weighted by atomic mass is 10.0. The van der Waals surface area contributed by atoms with Crippen molar-refractivity contribution in [2.75, 3.05) is 0 Å². The number of hydrogen-bond donors (Lipinski definition) is 0. The van der Waals surface area contributed by atoms with Crippen LogP contribution in [0.2, 0.25) is 0 Å². The maximum absolute atomic E-state index is 5.15. The highest BCUT2D eigenvalue weighted by Gasteiger charge is 2.22. The molecule has 0 atom stereocenters. The van der Waals surface area contributed by atoms with Crippen LogP contribution in [0.25, 0.3) is 81.5 Å². The van der Waals surface area contributed by atoms with Crippen LogP contribution in [0, 0.1) is 0 Å². The molecule has 5 aromatic carbocycles. The van der Waals surface area contributed by atoms with Crippen LogP contribution < -0.4 is 0 Å². The van der Waals surface area contributed by atoms with Gasteiger partial charge in [-0.2, -0.15) is 9.97 Å². The van der Waals surface area contributed by atoms with E-state index < -0.39 is 0 Å². The minimum Gasteiger partial charge on any atom is -0.276 e. The van der Waals surface area contributed by atoms with Crippen LogP contribution in [0.3, 0.4) is 0 Å². The summed E-state index contributed by atoms with van der Waals surface area (Å²) >= 11 is 1.82. The van der Waals surface area contributed by atoms with Gasteiger partial charge in [0.1, 0.15) is 0 Å². The molecule has 0 bridgehead atoms. The molecule has 0 spiro atoms. The van der Waals surface area contributed by atoms with Crippen molar-refractivity contribution in [3.63, 3.8) is 0 Å². The van der Waals surface area contributed by atoms with E-state index in [4.69, 9.17) is 15.0 Å². The van der Waals surface area contributed by atoms with Crippen molar-refractivity contribution in [3.8, 4) is 28.7 Å². The second kappa shape index (κ2) is 9.03. The second-order valence-electron chi connectivity index (χ2n) is 10.3. The molecule has 0 fully saturated rings. The summed E-state index contributed by atoms with van der Waals surface area (Å²) in [6.07, 6.45) is 3.80. The average molecular weight is 556 g/mol. The van der Waals surface area contributed by atoms with Gasteiger partial charge in [0.25, 0.3) is 0 Å². The maximum Gasteiger partial charge on any atom is 0.238 e. The molecule has 4 aromatic heterocycles. The van der Waals surface area contributed by atoms with Crippen molar-refractivity contribution in [2.45, 2.75) is 0 Å². The van der Waals surface area contributed by atoms with Crippen LogP contribution >= 0.6 is 11.3 Å². The number of aromatic nitrogens is 5. The molecule has 42 heavy (non-hydrogen) atoms. The predicted octanol–water partition coefficient (Wildman–Crippen LogP) is 9.22. The zero-order valence-electron chi connectivity index (χ0n) is 22.3. The first-order chi connectivity index (χ1) is 20.8. The third kappa shape index (κ3) is 3.42. The maximum atomic E-state index is 5.15. The smallest absolute Gasteiger partial charge is 0.238 e. The zero-order valence-corrected chi connectivity index (χ0v) is 23.1. The molecular formula is C36H21N5S. The fourth-order valence-corrected chi connectivity index (χ4v) is 7.29. The van der Waals surface area contributed by atoms with Crippen molar-refractivity contribution in [1.29, 1.82) is 0 Å². The normalized spacial score (nSPS) is 11.8. The topological polar surface area (TPSA) is 56.5 Å². The van der Waals surface area contributed by atoms with E-state index in [9.17, 15) is 0 Å². The predicted molar refractivity (Wildman–Crippen MR) is 173 cm³/mol. The summed E-state index contributed by atoms with van der Waals surface area (Å²) in [5, 5.41) is 7.10. The van der Waals surface area contributed by atoms with E-state index in [0.717, 1.165) is 32.9 Å². The Labute approximate surface area is 244 Å². The Balaban J connectivity index is 1.48. The van der Waals surface area contributed by atoms with E-state index >= 15 is 0 Å².